The molecule has 1 nitrogen and oxygen atoms in total. The summed E-state index contributed by atoms with van der Waals surface area (Å²) in [5, 5.41) is 0. The molecule has 7 heteroatoms. The first-order chi connectivity index (χ1) is 20.0. The van der Waals surface area contributed by atoms with Crippen molar-refractivity contribution in [3.05, 3.63) is 28.8 Å². The Balaban J connectivity index is 1.40. The Morgan fingerprint density at radius 1 is 0.595 bits per heavy atom. The molecule has 0 aliphatic heterocycles. The highest BCUT2D eigenvalue weighted by Gasteiger charge is 2.48. The first-order valence-electron chi connectivity index (χ1n) is 16.9. The van der Waals surface area contributed by atoms with Crippen molar-refractivity contribution in [1.82, 2.24) is 0 Å². The third-order valence-corrected chi connectivity index (χ3v) is 10.9. The molecule has 42 heavy (non-hydrogen) atoms. The van der Waals surface area contributed by atoms with Gasteiger partial charge in [-0.2, -0.15) is 26.3 Å². The van der Waals surface area contributed by atoms with E-state index >= 15 is 0 Å². The van der Waals surface area contributed by atoms with Crippen molar-refractivity contribution in [1.29, 1.82) is 0 Å². The minimum absolute atomic E-state index is 0.0402. The van der Waals surface area contributed by atoms with Gasteiger partial charge in [0.05, 0.1) is 12.2 Å². The molecule has 240 valence electrons. The fraction of sp³-hybridized carbons (Fsp3) is 0.829. The van der Waals surface area contributed by atoms with E-state index < -0.39 is 35.1 Å². The van der Waals surface area contributed by atoms with E-state index in [2.05, 4.69) is 13.8 Å². The van der Waals surface area contributed by atoms with Crippen molar-refractivity contribution in [2.75, 3.05) is 6.61 Å². The first-order valence-corrected chi connectivity index (χ1v) is 16.9. The summed E-state index contributed by atoms with van der Waals surface area (Å²) in [6, 6.07) is 2.45. The van der Waals surface area contributed by atoms with Gasteiger partial charge in [0.2, 0.25) is 0 Å². The van der Waals surface area contributed by atoms with E-state index in [4.69, 9.17) is 4.74 Å². The van der Waals surface area contributed by atoms with Crippen molar-refractivity contribution in [3.63, 3.8) is 0 Å². The normalized spacial score (nSPS) is 29.4. The van der Waals surface area contributed by atoms with Crippen LogP contribution in [0.1, 0.15) is 152 Å². The molecule has 1 aromatic carbocycles. The van der Waals surface area contributed by atoms with E-state index in [0.29, 0.717) is 24.7 Å². The first kappa shape index (κ1) is 33.5. The maximum atomic E-state index is 14.4. The third kappa shape index (κ3) is 8.83. The number of alkyl halides is 6. The van der Waals surface area contributed by atoms with Crippen LogP contribution < -0.4 is 4.74 Å². The number of halogens is 6. The van der Waals surface area contributed by atoms with Gasteiger partial charge in [0, 0.05) is 0 Å². The van der Waals surface area contributed by atoms with Crippen LogP contribution in [-0.4, -0.2) is 6.61 Å². The number of hydrogen-bond acceptors (Lipinski definition) is 1. The molecule has 0 saturated heterocycles. The Morgan fingerprint density at radius 3 is 1.64 bits per heavy atom. The molecule has 0 spiro atoms. The summed E-state index contributed by atoms with van der Waals surface area (Å²) in [7, 11) is 0. The van der Waals surface area contributed by atoms with Crippen LogP contribution in [0.5, 0.6) is 5.75 Å². The molecule has 3 aliphatic carbocycles. The van der Waals surface area contributed by atoms with Crippen LogP contribution in [-0.2, 0) is 12.4 Å². The molecule has 0 atom stereocenters. The molecule has 0 aromatic heterocycles. The minimum Gasteiger partial charge on any atom is -0.493 e. The average Bonchev–Trinajstić information content (AvgIpc) is 2.96. The zero-order valence-corrected chi connectivity index (χ0v) is 25.7. The van der Waals surface area contributed by atoms with Gasteiger partial charge in [-0.25, -0.2) is 0 Å². The fourth-order valence-electron chi connectivity index (χ4n) is 8.48. The van der Waals surface area contributed by atoms with Crippen molar-refractivity contribution < 1.29 is 31.1 Å². The highest BCUT2D eigenvalue weighted by atomic mass is 19.4. The average molecular weight is 603 g/mol. The van der Waals surface area contributed by atoms with E-state index in [9.17, 15) is 26.3 Å². The monoisotopic (exact) mass is 602 g/mol. The summed E-state index contributed by atoms with van der Waals surface area (Å²) >= 11 is 0. The van der Waals surface area contributed by atoms with E-state index in [0.717, 1.165) is 76.0 Å². The lowest BCUT2D eigenvalue weighted by Crippen LogP contribution is -2.28. The largest absolute Gasteiger partial charge is 0.493 e. The Labute approximate surface area is 249 Å². The van der Waals surface area contributed by atoms with Gasteiger partial charge in [-0.15, -0.1) is 0 Å². The summed E-state index contributed by atoms with van der Waals surface area (Å²) in [6.45, 7) is 4.41. The molecular formula is C35H52F6O. The van der Waals surface area contributed by atoms with Gasteiger partial charge < -0.3 is 4.74 Å². The maximum Gasteiger partial charge on any atom is 0.420 e. The van der Waals surface area contributed by atoms with Crippen LogP contribution in [0.3, 0.4) is 0 Å². The lowest BCUT2D eigenvalue weighted by atomic mass is 9.69. The Morgan fingerprint density at radius 2 is 1.12 bits per heavy atom. The molecule has 0 bridgehead atoms. The second kappa shape index (κ2) is 15.1. The van der Waals surface area contributed by atoms with Crippen molar-refractivity contribution in [2.24, 2.45) is 29.6 Å². The summed E-state index contributed by atoms with van der Waals surface area (Å²) in [5.41, 5.74) is -3.36. The Bertz CT molecular complexity index is 945. The molecule has 1 aromatic rings. The van der Waals surface area contributed by atoms with Crippen LogP contribution in [0.2, 0.25) is 0 Å². The second-order valence-corrected chi connectivity index (χ2v) is 13.8. The molecule has 4 rings (SSSR count). The highest BCUT2D eigenvalue weighted by molar-refractivity contribution is 5.50. The SMILES string of the molecule is CCCCCC1CCC(c2ccc(OCC3CCC(C4CCC(CCC)CC4)CC3)c(C(F)(F)F)c2C(F)(F)F)CC1. The van der Waals surface area contributed by atoms with Crippen molar-refractivity contribution in [2.45, 2.75) is 148 Å². The standard InChI is InChI=1S/C35H52F6O/c1-3-5-6-8-25-11-19-29(20-12-25)30-21-22-31(33(35(39,40)41)32(30)34(36,37)38)42-23-26-13-17-28(18-14-26)27-15-9-24(7-4-2)10-16-27/h21-22,24-29H,3-20,23H2,1-2H3. The topological polar surface area (TPSA) is 9.23 Å². The molecule has 0 radical (unpaired) electrons. The van der Waals surface area contributed by atoms with Crippen LogP contribution in [0.25, 0.3) is 0 Å². The second-order valence-electron chi connectivity index (χ2n) is 13.8. The Hall–Kier alpha value is -1.40. The van der Waals surface area contributed by atoms with Gasteiger partial charge in [0.25, 0.3) is 0 Å². The zero-order valence-electron chi connectivity index (χ0n) is 25.7. The lowest BCUT2D eigenvalue weighted by Gasteiger charge is -2.38. The van der Waals surface area contributed by atoms with E-state index in [1.54, 1.807) is 0 Å². The summed E-state index contributed by atoms with van der Waals surface area (Å²) in [5.74, 6) is 1.62. The van der Waals surface area contributed by atoms with E-state index in [1.807, 2.05) is 0 Å². The molecule has 0 heterocycles. The number of ether oxygens (including phenoxy) is 1. The van der Waals surface area contributed by atoms with Gasteiger partial charge in [0.15, 0.2) is 0 Å². The maximum absolute atomic E-state index is 14.4. The Kier molecular flexibility index (Phi) is 12.0. The quantitative estimate of drug-likeness (QED) is 0.181. The van der Waals surface area contributed by atoms with Gasteiger partial charge >= 0.3 is 12.4 Å². The molecule has 3 fully saturated rings. The van der Waals surface area contributed by atoms with E-state index in [-0.39, 0.29) is 18.1 Å². The fourth-order valence-corrected chi connectivity index (χ4v) is 8.48. The molecule has 0 amide bonds. The summed E-state index contributed by atoms with van der Waals surface area (Å²) in [6.07, 6.45) is 8.22. The van der Waals surface area contributed by atoms with Crippen molar-refractivity contribution >= 4 is 0 Å². The number of hydrogen-bond donors (Lipinski definition) is 0. The summed E-state index contributed by atoms with van der Waals surface area (Å²) < 4.78 is 91.8. The molecular weight excluding hydrogens is 550 g/mol. The molecule has 0 unspecified atom stereocenters. The van der Waals surface area contributed by atoms with Crippen LogP contribution in [0, 0.1) is 29.6 Å². The van der Waals surface area contributed by atoms with Gasteiger partial charge in [-0.3, -0.25) is 0 Å². The third-order valence-electron chi connectivity index (χ3n) is 10.9. The predicted octanol–water partition coefficient (Wildman–Crippen LogP) is 12.4. The predicted molar refractivity (Wildman–Crippen MR) is 157 cm³/mol. The summed E-state index contributed by atoms with van der Waals surface area (Å²) in [4.78, 5) is 0. The van der Waals surface area contributed by atoms with Gasteiger partial charge in [-0.1, -0.05) is 71.3 Å². The number of rotatable bonds is 11. The number of unbranched alkanes of at least 4 members (excludes halogenated alkanes) is 2. The minimum atomic E-state index is -5.15. The molecule has 3 saturated carbocycles. The number of benzene rings is 1. The van der Waals surface area contributed by atoms with Crippen LogP contribution in [0.15, 0.2) is 12.1 Å². The molecule has 3 aliphatic rings. The molecule has 0 N–H and O–H groups in total. The van der Waals surface area contributed by atoms with Gasteiger partial charge in [0.1, 0.15) is 11.3 Å². The smallest absolute Gasteiger partial charge is 0.420 e. The highest BCUT2D eigenvalue weighted by Crippen LogP contribution is 2.51. The van der Waals surface area contributed by atoms with Crippen LogP contribution >= 0.6 is 0 Å². The van der Waals surface area contributed by atoms with Gasteiger partial charge in [-0.05, 0) is 111 Å². The zero-order chi connectivity index (χ0) is 30.3. The van der Waals surface area contributed by atoms with Crippen LogP contribution in [0.4, 0.5) is 26.3 Å². The lowest BCUT2D eigenvalue weighted by molar-refractivity contribution is -0.163. The van der Waals surface area contributed by atoms with E-state index in [1.165, 1.54) is 50.7 Å². The van der Waals surface area contributed by atoms with Crippen molar-refractivity contribution in [3.8, 4) is 5.75 Å².